The number of hydrogen-bond donors (Lipinski definition) is 3. The molecule has 1 saturated heterocycles. The number of nitrogens with one attached hydrogen (secondary N) is 1. The van der Waals surface area contributed by atoms with Crippen LogP contribution in [0.15, 0.2) is 29.2 Å². The molecule has 0 saturated carbocycles. The van der Waals surface area contributed by atoms with E-state index in [1.807, 2.05) is 0 Å². The number of para-hydroxylation sites is 1. The maximum absolute atomic E-state index is 15.8. The first-order valence-corrected chi connectivity index (χ1v) is 11.0. The molecule has 11 nitrogen and oxygen atoms in total. The summed E-state index contributed by atoms with van der Waals surface area (Å²) in [5.74, 6) is -3.72. The Labute approximate surface area is 187 Å². The number of fused-ring (bicyclic) bond motifs is 1. The Bertz CT molecular complexity index is 1320. The van der Waals surface area contributed by atoms with Crippen molar-refractivity contribution in [3.63, 3.8) is 0 Å². The van der Waals surface area contributed by atoms with Crippen molar-refractivity contribution in [3.8, 4) is 5.75 Å². The van der Waals surface area contributed by atoms with E-state index in [2.05, 4.69) is 4.98 Å². The Kier molecular flexibility index (Phi) is 5.26. The minimum absolute atomic E-state index is 0.104. The zero-order valence-electron chi connectivity index (χ0n) is 18.3. The van der Waals surface area contributed by atoms with Crippen LogP contribution in [0.5, 0.6) is 5.75 Å². The highest BCUT2D eigenvalue weighted by Crippen LogP contribution is 2.56. The summed E-state index contributed by atoms with van der Waals surface area (Å²) in [6, 6.07) is 4.94. The quantitative estimate of drug-likeness (QED) is 0.321. The number of ether oxygens (including phenoxy) is 1. The number of halogens is 1. The largest absolute Gasteiger partial charge is 0.530 e. The SMILES string of the molecule is [2H]C([2H])(OP1(=O)OCc2cccc(C)c2O1)[C@@]1(F)O[C@@H](n2cc(C=O)c(=O)[nH]c2=S)[C@H](O)[C@@H]1O. The van der Waals surface area contributed by atoms with Crippen molar-refractivity contribution in [1.29, 1.82) is 0 Å². The van der Waals surface area contributed by atoms with E-state index in [4.69, 9.17) is 33.3 Å². The van der Waals surface area contributed by atoms with Crippen molar-refractivity contribution >= 4 is 26.3 Å². The van der Waals surface area contributed by atoms with Crippen LogP contribution in [0, 0.1) is 11.7 Å². The minimum atomic E-state index is -4.76. The average molecular weight is 490 g/mol. The van der Waals surface area contributed by atoms with Gasteiger partial charge in [-0.1, -0.05) is 18.2 Å². The van der Waals surface area contributed by atoms with Crippen molar-refractivity contribution < 1.29 is 45.0 Å². The van der Waals surface area contributed by atoms with Gasteiger partial charge in [0.15, 0.2) is 17.3 Å². The third-order valence-electron chi connectivity index (χ3n) is 4.86. The number of phosphoric acid groups is 1. The maximum Gasteiger partial charge on any atom is 0.530 e. The van der Waals surface area contributed by atoms with Gasteiger partial charge in [0.05, 0.1) is 14.9 Å². The first-order chi connectivity index (χ1) is 15.8. The lowest BCUT2D eigenvalue weighted by Gasteiger charge is -2.29. The molecule has 1 aromatic heterocycles. The van der Waals surface area contributed by atoms with Crippen LogP contribution < -0.4 is 10.1 Å². The fourth-order valence-electron chi connectivity index (χ4n) is 3.18. The maximum atomic E-state index is 15.8. The van der Waals surface area contributed by atoms with Gasteiger partial charge >= 0.3 is 7.82 Å². The predicted molar refractivity (Wildman–Crippen MR) is 107 cm³/mol. The van der Waals surface area contributed by atoms with Gasteiger partial charge in [-0.05, 0) is 24.7 Å². The number of aromatic amines is 1. The van der Waals surface area contributed by atoms with Gasteiger partial charge in [-0.3, -0.25) is 28.2 Å². The molecule has 1 unspecified atom stereocenters. The number of aromatic nitrogens is 2. The number of aldehydes is 1. The summed E-state index contributed by atoms with van der Waals surface area (Å²) in [6.45, 7) is -2.36. The van der Waals surface area contributed by atoms with E-state index < -0.39 is 54.6 Å². The van der Waals surface area contributed by atoms with Gasteiger partial charge in [0.25, 0.3) is 11.4 Å². The smallest absolute Gasteiger partial charge is 0.403 e. The molecule has 2 aromatic rings. The Morgan fingerprint density at radius 3 is 3.00 bits per heavy atom. The lowest BCUT2D eigenvalue weighted by atomic mass is 10.1. The molecule has 14 heteroatoms. The molecule has 0 spiro atoms. The van der Waals surface area contributed by atoms with Crippen molar-refractivity contribution in [2.75, 3.05) is 6.56 Å². The van der Waals surface area contributed by atoms with Crippen LogP contribution in [0.1, 0.15) is 30.5 Å². The normalized spacial score (nSPS) is 33.1. The number of carbonyl (C=O) groups excluding carboxylic acids is 1. The molecule has 1 aromatic carbocycles. The third kappa shape index (κ3) is 3.97. The summed E-state index contributed by atoms with van der Waals surface area (Å²) in [5, 5.41) is 20.7. The van der Waals surface area contributed by atoms with E-state index in [1.165, 1.54) is 0 Å². The second-order valence-electron chi connectivity index (χ2n) is 7.03. The van der Waals surface area contributed by atoms with Crippen molar-refractivity contribution in [1.82, 2.24) is 9.55 Å². The summed E-state index contributed by atoms with van der Waals surface area (Å²) in [6.07, 6.45) is -5.65. The van der Waals surface area contributed by atoms with E-state index in [-0.39, 0.29) is 18.6 Å². The molecule has 3 N–H and O–H groups in total. The number of hydrogen-bond acceptors (Lipinski definition) is 10. The lowest BCUT2D eigenvalue weighted by molar-refractivity contribution is -0.205. The number of alkyl halides is 1. The van der Waals surface area contributed by atoms with Gasteiger partial charge in [0.1, 0.15) is 24.5 Å². The minimum Gasteiger partial charge on any atom is -0.403 e. The lowest BCUT2D eigenvalue weighted by Crippen LogP contribution is -2.43. The standard InChI is InChI=1S/C18H18FN2O9PS/c1-9-3-2-4-10-7-27-31(26,30-13(9)10)28-8-18(19)14(24)12(23)16(29-18)21-5-11(6-22)15(25)20-17(21)32/h2-6,12,14,16,23-24H,7-8H2,1H3,(H,20,25,32)/t12-,14+,16-,18-,31?/m1/s1/i8D2. The molecule has 0 radical (unpaired) electrons. The number of phosphoric ester groups is 1. The Hall–Kier alpha value is -2.25. The van der Waals surface area contributed by atoms with Gasteiger partial charge < -0.3 is 19.5 Å². The van der Waals surface area contributed by atoms with Crippen molar-refractivity contribution in [3.05, 3.63) is 56.2 Å². The Morgan fingerprint density at radius 1 is 1.53 bits per heavy atom. The summed E-state index contributed by atoms with van der Waals surface area (Å²) in [7, 11) is -4.76. The van der Waals surface area contributed by atoms with E-state index in [1.54, 1.807) is 25.1 Å². The van der Waals surface area contributed by atoms with E-state index in [0.29, 0.717) is 11.1 Å². The average Bonchev–Trinajstić information content (AvgIpc) is 2.99. The fraction of sp³-hybridized carbons (Fsp3) is 0.389. The van der Waals surface area contributed by atoms with Gasteiger partial charge in [-0.2, -0.15) is 0 Å². The van der Waals surface area contributed by atoms with Crippen LogP contribution in [-0.2, 0) is 25.0 Å². The molecule has 2 aliphatic rings. The number of aliphatic hydroxyl groups excluding tert-OH is 2. The summed E-state index contributed by atoms with van der Waals surface area (Å²) < 4.78 is 65.3. The number of nitrogens with zero attached hydrogens (tertiary/aromatic N) is 1. The second kappa shape index (κ2) is 8.27. The highest BCUT2D eigenvalue weighted by Gasteiger charge is 2.57. The first-order valence-electron chi connectivity index (χ1n) is 10.1. The van der Waals surface area contributed by atoms with Gasteiger partial charge in [-0.25, -0.2) is 8.96 Å². The van der Waals surface area contributed by atoms with E-state index >= 15 is 4.39 Å². The molecular weight excluding hydrogens is 470 g/mol. The molecule has 5 atom stereocenters. The highest BCUT2D eigenvalue weighted by molar-refractivity contribution is 7.71. The Morgan fingerprint density at radius 2 is 2.28 bits per heavy atom. The number of aryl methyl sites for hydroxylation is 1. The molecule has 172 valence electrons. The number of benzene rings is 1. The van der Waals surface area contributed by atoms with Crippen LogP contribution >= 0.6 is 20.0 Å². The van der Waals surface area contributed by atoms with E-state index in [0.717, 1.165) is 10.8 Å². The molecule has 0 bridgehead atoms. The first kappa shape index (κ1) is 20.4. The summed E-state index contributed by atoms with van der Waals surface area (Å²) in [5.41, 5.74) is -0.297. The van der Waals surface area contributed by atoms with Crippen LogP contribution in [0.25, 0.3) is 0 Å². The van der Waals surface area contributed by atoms with Crippen LogP contribution in [-0.4, -0.2) is 50.7 Å². The van der Waals surface area contributed by atoms with Crippen LogP contribution in [0.3, 0.4) is 0 Å². The van der Waals surface area contributed by atoms with Gasteiger partial charge in [0, 0.05) is 11.8 Å². The van der Waals surface area contributed by atoms with Crippen molar-refractivity contribution in [2.24, 2.45) is 0 Å². The fourth-order valence-corrected chi connectivity index (χ4v) is 4.59. The molecule has 4 rings (SSSR count). The van der Waals surface area contributed by atoms with Crippen LogP contribution in [0.4, 0.5) is 4.39 Å². The zero-order chi connectivity index (χ0) is 25.1. The zero-order valence-corrected chi connectivity index (χ0v) is 18.0. The molecule has 0 amide bonds. The number of H-pyrrole nitrogens is 1. The molecule has 32 heavy (non-hydrogen) atoms. The number of aliphatic hydroxyl groups is 2. The summed E-state index contributed by atoms with van der Waals surface area (Å²) in [4.78, 5) is 24.9. The highest BCUT2D eigenvalue weighted by atomic mass is 32.1. The monoisotopic (exact) mass is 490 g/mol. The van der Waals surface area contributed by atoms with Gasteiger partial charge in [0.2, 0.25) is 0 Å². The van der Waals surface area contributed by atoms with E-state index in [9.17, 15) is 24.4 Å². The molecule has 3 heterocycles. The number of carbonyl (C=O) groups is 1. The predicted octanol–water partition coefficient (Wildman–Crippen LogP) is 1.68. The van der Waals surface area contributed by atoms with Crippen molar-refractivity contribution in [2.45, 2.75) is 37.8 Å². The topological polar surface area (TPSA) is 149 Å². The number of rotatable bonds is 5. The molecular formula is C18H18FN2O9PS. The molecule has 2 aliphatic heterocycles. The molecule has 0 aliphatic carbocycles. The Balaban J connectivity index is 1.65. The summed E-state index contributed by atoms with van der Waals surface area (Å²) >= 11 is 4.93. The van der Waals surface area contributed by atoms with Crippen LogP contribution in [0.2, 0.25) is 0 Å². The third-order valence-corrected chi connectivity index (χ3v) is 6.34. The second-order valence-corrected chi connectivity index (χ2v) is 8.93. The molecule has 1 fully saturated rings. The van der Waals surface area contributed by atoms with Gasteiger partial charge in [-0.15, -0.1) is 0 Å².